The minimum Gasteiger partial charge on any atom is -0.289 e. The molecule has 0 radical (unpaired) electrons. The first-order valence-corrected chi connectivity index (χ1v) is 6.51. The van der Waals surface area contributed by atoms with Gasteiger partial charge in [0.1, 0.15) is 0 Å². The minimum atomic E-state index is -0.457. The van der Waals surface area contributed by atoms with Crippen molar-refractivity contribution in [2.45, 2.75) is 18.6 Å². The summed E-state index contributed by atoms with van der Waals surface area (Å²) in [5, 5.41) is 8.26. The van der Waals surface area contributed by atoms with Crippen molar-refractivity contribution < 1.29 is 4.79 Å². The van der Waals surface area contributed by atoms with Gasteiger partial charge in [0.15, 0.2) is 10.9 Å². The van der Waals surface area contributed by atoms with Crippen LogP contribution in [0.3, 0.4) is 0 Å². The van der Waals surface area contributed by atoms with Gasteiger partial charge in [-0.1, -0.05) is 17.0 Å². The molecule has 19 heavy (non-hydrogen) atoms. The Kier molecular flexibility index (Phi) is 4.42. The van der Waals surface area contributed by atoms with Crippen molar-refractivity contribution in [3.05, 3.63) is 29.8 Å². The van der Waals surface area contributed by atoms with Crippen LogP contribution in [0.2, 0.25) is 0 Å². The van der Waals surface area contributed by atoms with Crippen molar-refractivity contribution in [3.8, 4) is 0 Å². The van der Waals surface area contributed by atoms with Crippen LogP contribution in [-0.4, -0.2) is 36.6 Å². The first-order valence-electron chi connectivity index (χ1n) is 5.52. The molecule has 2 aromatic rings. The van der Waals surface area contributed by atoms with Crippen molar-refractivity contribution in [3.63, 3.8) is 0 Å². The second-order valence-electron chi connectivity index (χ2n) is 3.67. The van der Waals surface area contributed by atoms with E-state index >= 15 is 0 Å². The van der Waals surface area contributed by atoms with Gasteiger partial charge >= 0.3 is 0 Å². The standard InChI is InChI=1S/C10H13N7OS/c1-7-2-3-12-10(13-7)19-5-4-17-6-8(15-16-17)9(18)14-11/h2-3,6H,4-5,11H2,1H3,(H,14,18). The number of nitrogens with two attached hydrogens (primary N) is 1. The van der Waals surface area contributed by atoms with E-state index in [0.717, 1.165) is 16.6 Å². The SMILES string of the molecule is Cc1ccnc(SCCn2cc(C(=O)NN)nn2)n1. The van der Waals surface area contributed by atoms with Crippen LogP contribution in [0.25, 0.3) is 0 Å². The molecule has 0 aromatic carbocycles. The Bertz CT molecular complexity index is 571. The second-order valence-corrected chi connectivity index (χ2v) is 4.73. The first-order chi connectivity index (χ1) is 9.19. The maximum Gasteiger partial charge on any atom is 0.287 e. The van der Waals surface area contributed by atoms with Gasteiger partial charge in [-0.3, -0.25) is 14.9 Å². The molecule has 0 atom stereocenters. The van der Waals surface area contributed by atoms with Crippen molar-refractivity contribution in [2.24, 2.45) is 5.84 Å². The van der Waals surface area contributed by atoms with E-state index in [1.54, 1.807) is 17.1 Å². The largest absolute Gasteiger partial charge is 0.289 e. The Labute approximate surface area is 113 Å². The molecule has 0 aliphatic heterocycles. The third-order valence-corrected chi connectivity index (χ3v) is 3.07. The van der Waals surface area contributed by atoms with Crippen LogP contribution in [0.4, 0.5) is 0 Å². The number of carbonyl (C=O) groups is 1. The van der Waals surface area contributed by atoms with E-state index in [1.807, 2.05) is 18.4 Å². The molecule has 3 N–H and O–H groups in total. The quantitative estimate of drug-likeness (QED) is 0.256. The summed E-state index contributed by atoms with van der Waals surface area (Å²) in [4.78, 5) is 19.6. The number of hydrogen-bond acceptors (Lipinski definition) is 7. The number of nitrogen functional groups attached to an aromatic ring is 1. The molecule has 2 aromatic heterocycles. The predicted molar refractivity (Wildman–Crippen MR) is 69.2 cm³/mol. The normalized spacial score (nSPS) is 10.4. The zero-order valence-corrected chi connectivity index (χ0v) is 11.1. The lowest BCUT2D eigenvalue weighted by atomic mass is 10.5. The zero-order chi connectivity index (χ0) is 13.7. The summed E-state index contributed by atoms with van der Waals surface area (Å²) in [6.07, 6.45) is 3.27. The van der Waals surface area contributed by atoms with Crippen molar-refractivity contribution in [1.29, 1.82) is 0 Å². The molecule has 0 saturated carbocycles. The lowest BCUT2D eigenvalue weighted by Crippen LogP contribution is -2.30. The minimum absolute atomic E-state index is 0.194. The van der Waals surface area contributed by atoms with Crippen LogP contribution in [0.15, 0.2) is 23.6 Å². The number of thioether (sulfide) groups is 1. The summed E-state index contributed by atoms with van der Waals surface area (Å²) >= 11 is 1.52. The molecule has 0 saturated heterocycles. The Hall–Kier alpha value is -2.00. The van der Waals surface area contributed by atoms with Gasteiger partial charge in [-0.25, -0.2) is 15.8 Å². The molecule has 8 nitrogen and oxygen atoms in total. The second kappa shape index (κ2) is 6.25. The summed E-state index contributed by atoms with van der Waals surface area (Å²) < 4.78 is 1.58. The van der Waals surface area contributed by atoms with E-state index in [0.29, 0.717) is 6.54 Å². The molecule has 0 fully saturated rings. The average molecular weight is 279 g/mol. The smallest absolute Gasteiger partial charge is 0.287 e. The topological polar surface area (TPSA) is 112 Å². The fourth-order valence-electron chi connectivity index (χ4n) is 1.31. The highest BCUT2D eigenvalue weighted by Gasteiger charge is 2.08. The Morgan fingerprint density at radius 3 is 3.16 bits per heavy atom. The number of hydrogen-bond donors (Lipinski definition) is 2. The van der Waals surface area contributed by atoms with Crippen LogP contribution in [0.1, 0.15) is 16.2 Å². The van der Waals surface area contributed by atoms with Crippen LogP contribution in [0.5, 0.6) is 0 Å². The molecule has 2 rings (SSSR count). The van der Waals surface area contributed by atoms with E-state index in [-0.39, 0.29) is 5.69 Å². The van der Waals surface area contributed by atoms with E-state index < -0.39 is 5.91 Å². The number of amides is 1. The van der Waals surface area contributed by atoms with Gasteiger partial charge in [0.05, 0.1) is 12.7 Å². The number of rotatable bonds is 5. The van der Waals surface area contributed by atoms with E-state index in [9.17, 15) is 4.79 Å². The zero-order valence-electron chi connectivity index (χ0n) is 10.3. The first kappa shape index (κ1) is 13.4. The van der Waals surface area contributed by atoms with Gasteiger partial charge in [0, 0.05) is 17.6 Å². The molecule has 9 heteroatoms. The third-order valence-electron chi connectivity index (χ3n) is 2.23. The lowest BCUT2D eigenvalue weighted by Gasteiger charge is -2.00. The number of hydrazine groups is 1. The monoisotopic (exact) mass is 279 g/mol. The molecule has 0 bridgehead atoms. The Morgan fingerprint density at radius 1 is 1.58 bits per heavy atom. The van der Waals surface area contributed by atoms with Gasteiger partial charge < -0.3 is 0 Å². The van der Waals surface area contributed by atoms with Crippen molar-refractivity contribution in [2.75, 3.05) is 5.75 Å². The van der Waals surface area contributed by atoms with Crippen LogP contribution >= 0.6 is 11.8 Å². The maximum atomic E-state index is 11.2. The van der Waals surface area contributed by atoms with Crippen molar-refractivity contribution >= 4 is 17.7 Å². The third kappa shape index (κ3) is 3.73. The van der Waals surface area contributed by atoms with Gasteiger partial charge in [-0.15, -0.1) is 5.10 Å². The molecule has 0 spiro atoms. The maximum absolute atomic E-state index is 11.2. The summed E-state index contributed by atoms with van der Waals surface area (Å²) in [6.45, 7) is 2.52. The lowest BCUT2D eigenvalue weighted by molar-refractivity contribution is 0.0948. The summed E-state index contributed by atoms with van der Waals surface area (Å²) in [5.74, 6) is 5.28. The van der Waals surface area contributed by atoms with E-state index in [2.05, 4.69) is 20.3 Å². The van der Waals surface area contributed by atoms with Gasteiger partial charge in [-0.05, 0) is 13.0 Å². The van der Waals surface area contributed by atoms with Crippen LogP contribution in [0, 0.1) is 6.92 Å². The molecule has 0 aliphatic carbocycles. The summed E-state index contributed by atoms with van der Waals surface area (Å²) in [7, 11) is 0. The predicted octanol–water partition coefficient (Wildman–Crippen LogP) is -0.228. The average Bonchev–Trinajstić information content (AvgIpc) is 2.87. The van der Waals surface area contributed by atoms with Crippen molar-refractivity contribution in [1.82, 2.24) is 30.4 Å². The number of aryl methyl sites for hydroxylation is 2. The highest BCUT2D eigenvalue weighted by atomic mass is 32.2. The molecular formula is C10H13N7OS. The highest BCUT2D eigenvalue weighted by molar-refractivity contribution is 7.99. The van der Waals surface area contributed by atoms with E-state index in [1.165, 1.54) is 11.8 Å². The molecule has 0 aliphatic rings. The fraction of sp³-hybridized carbons (Fsp3) is 0.300. The van der Waals surface area contributed by atoms with Gasteiger partial charge in [0.2, 0.25) is 0 Å². The molecule has 100 valence electrons. The summed E-state index contributed by atoms with van der Waals surface area (Å²) in [6, 6.07) is 1.85. The molecular weight excluding hydrogens is 266 g/mol. The number of carbonyl (C=O) groups excluding carboxylic acids is 1. The van der Waals surface area contributed by atoms with E-state index in [4.69, 9.17) is 5.84 Å². The molecule has 2 heterocycles. The number of aromatic nitrogens is 5. The Morgan fingerprint density at radius 2 is 2.42 bits per heavy atom. The Balaban J connectivity index is 1.86. The molecule has 1 amide bonds. The number of nitrogens with zero attached hydrogens (tertiary/aromatic N) is 5. The fourth-order valence-corrected chi connectivity index (χ4v) is 2.12. The van der Waals surface area contributed by atoms with Gasteiger partial charge in [0.25, 0.3) is 5.91 Å². The van der Waals surface area contributed by atoms with Crippen LogP contribution in [-0.2, 0) is 6.54 Å². The number of nitrogens with one attached hydrogen (secondary N) is 1. The molecule has 0 unspecified atom stereocenters. The highest BCUT2D eigenvalue weighted by Crippen LogP contribution is 2.12. The van der Waals surface area contributed by atoms with Gasteiger partial charge in [-0.2, -0.15) is 0 Å². The summed E-state index contributed by atoms with van der Waals surface area (Å²) in [5.41, 5.74) is 3.13. The van der Waals surface area contributed by atoms with Crippen LogP contribution < -0.4 is 11.3 Å².